The number of anilines is 1. The molecule has 2 N–H and O–H groups in total. The summed E-state index contributed by atoms with van der Waals surface area (Å²) in [5, 5.41) is 6.68. The highest BCUT2D eigenvalue weighted by molar-refractivity contribution is 7.90. The van der Waals surface area contributed by atoms with E-state index in [2.05, 4.69) is 32.4 Å². The summed E-state index contributed by atoms with van der Waals surface area (Å²) in [4.78, 5) is 121. The van der Waals surface area contributed by atoms with Crippen LogP contribution in [-0.2, 0) is 94.1 Å². The zero-order valence-corrected chi connectivity index (χ0v) is 51.6. The Morgan fingerprint density at radius 3 is 2.32 bits per heavy atom. The Kier molecular flexibility index (Phi) is 24.2. The van der Waals surface area contributed by atoms with Crippen LogP contribution < -0.4 is 16.2 Å². The van der Waals surface area contributed by atoms with Crippen LogP contribution in [0.1, 0.15) is 146 Å². The van der Waals surface area contributed by atoms with Gasteiger partial charge in [0.1, 0.15) is 32.2 Å². The van der Waals surface area contributed by atoms with Gasteiger partial charge in [0.05, 0.1) is 34.6 Å². The third-order valence-electron chi connectivity index (χ3n) is 15.3. The quantitative estimate of drug-likeness (QED) is 0.0169. The fraction of sp³-hybridized carbons (Fsp3) is 0.492. The number of Topliss-reactive ketones (excluding diaryl/α,β-unsaturated/α-hetero) is 3. The monoisotopic (exact) mass is 1230 g/mol. The maximum absolute atomic E-state index is 14.4. The summed E-state index contributed by atoms with van der Waals surface area (Å²) in [6.07, 6.45) is 7.45. The normalized spacial score (nSPS) is 14.6. The summed E-state index contributed by atoms with van der Waals surface area (Å²) in [5.74, 6) is 3.29. The van der Waals surface area contributed by atoms with Crippen LogP contribution in [0.3, 0.4) is 0 Å². The second kappa shape index (κ2) is 32.3. The first kappa shape index (κ1) is 65.9. The zero-order chi connectivity index (χ0) is 64.1. The van der Waals surface area contributed by atoms with Gasteiger partial charge in [0.25, 0.3) is 5.56 Å². The number of sulfone groups is 1. The van der Waals surface area contributed by atoms with Gasteiger partial charge in [-0.3, -0.25) is 28.8 Å². The maximum atomic E-state index is 14.4. The molecule has 5 aromatic rings. The number of hydrogen-bond donors (Lipinski definition) is 2. The number of rotatable bonds is 34. The van der Waals surface area contributed by atoms with Crippen LogP contribution in [0.4, 0.5) is 10.5 Å². The number of ether oxygens (including phenoxy) is 5. The lowest BCUT2D eigenvalue weighted by Crippen LogP contribution is -2.47. The SMILES string of the molecule is [3H]CCNCCCC[C@H](CC(=O)COCC(=O)CCCOCCCC(=O)CCCC#Cc1cnc(S(C)(=O)=O)nc1)C(=O)Nc1ccc(COC(=O)O[C@]2(CC)C(=O)OCc3c2cc2n(c3=O)Cc3c-2nc2ccccc2c3CCN(C(C)=O)C(C)C)cc1. The van der Waals surface area contributed by atoms with Gasteiger partial charge in [-0.15, -0.1) is 0 Å². The Bertz CT molecular complexity index is 3600. The highest BCUT2D eigenvalue weighted by Gasteiger charge is 2.51. The Balaban J connectivity index is 0.859. The molecular formula is C65H79N7O15S. The molecule has 5 heterocycles. The van der Waals surface area contributed by atoms with Crippen molar-refractivity contribution in [2.75, 3.05) is 57.6 Å². The molecular weight excluding hydrogens is 1150 g/mol. The molecule has 2 amide bonds. The van der Waals surface area contributed by atoms with E-state index >= 15 is 0 Å². The van der Waals surface area contributed by atoms with Crippen LogP contribution in [0, 0.1) is 17.8 Å². The molecule has 22 nitrogen and oxygen atoms in total. The smallest absolute Gasteiger partial charge is 0.457 e. The van der Waals surface area contributed by atoms with E-state index in [1.807, 2.05) is 38.1 Å². The number of carbonyl (C=O) groups excluding carboxylic acids is 7. The van der Waals surface area contributed by atoms with Crippen molar-refractivity contribution in [3.05, 3.63) is 111 Å². The Morgan fingerprint density at radius 1 is 0.898 bits per heavy atom. The number of carbonyl (C=O) groups is 7. The molecule has 7 rings (SSSR count). The van der Waals surface area contributed by atoms with E-state index in [0.717, 1.165) is 22.8 Å². The Morgan fingerprint density at radius 2 is 1.61 bits per heavy atom. The molecule has 3 aromatic heterocycles. The molecule has 0 saturated carbocycles. The van der Waals surface area contributed by atoms with Gasteiger partial charge in [-0.2, -0.15) is 0 Å². The molecule has 0 aliphatic carbocycles. The number of esters is 1. The fourth-order valence-corrected chi connectivity index (χ4v) is 11.2. The first-order valence-corrected chi connectivity index (χ1v) is 31.7. The van der Waals surface area contributed by atoms with Crippen molar-refractivity contribution < 1.29 is 67.0 Å². The minimum Gasteiger partial charge on any atom is -0.457 e. The maximum Gasteiger partial charge on any atom is 0.510 e. The van der Waals surface area contributed by atoms with Crippen molar-refractivity contribution in [1.82, 2.24) is 29.7 Å². The minimum atomic E-state index is -3.49. The largest absolute Gasteiger partial charge is 0.510 e. The zero-order valence-electron chi connectivity index (χ0n) is 51.7. The average molecular weight is 1230 g/mol. The minimum absolute atomic E-state index is 0.0234. The van der Waals surface area contributed by atoms with E-state index in [1.165, 1.54) is 12.4 Å². The van der Waals surface area contributed by atoms with Gasteiger partial charge in [0.15, 0.2) is 11.6 Å². The van der Waals surface area contributed by atoms with Gasteiger partial charge in [-0.05, 0) is 107 Å². The lowest BCUT2D eigenvalue weighted by molar-refractivity contribution is -0.175. The highest BCUT2D eigenvalue weighted by atomic mass is 32.2. The summed E-state index contributed by atoms with van der Waals surface area (Å²) in [6, 6.07) is 15.8. The number of ketones is 3. The van der Waals surface area contributed by atoms with Crippen molar-refractivity contribution in [3.63, 3.8) is 0 Å². The van der Waals surface area contributed by atoms with E-state index in [0.29, 0.717) is 131 Å². The van der Waals surface area contributed by atoms with Gasteiger partial charge in [-0.25, -0.2) is 33.0 Å². The summed E-state index contributed by atoms with van der Waals surface area (Å²) in [5.41, 5.74) is 2.78. The van der Waals surface area contributed by atoms with Crippen molar-refractivity contribution in [2.45, 2.75) is 155 Å². The van der Waals surface area contributed by atoms with Crippen LogP contribution in [0.15, 0.2) is 76.9 Å². The van der Waals surface area contributed by atoms with Gasteiger partial charge in [-0.1, -0.05) is 62.4 Å². The average Bonchev–Trinajstić information content (AvgIpc) is 1.67. The van der Waals surface area contributed by atoms with E-state index in [-0.39, 0.29) is 105 Å². The number of nitrogens with one attached hydrogen (secondary N) is 2. The predicted molar refractivity (Wildman–Crippen MR) is 326 cm³/mol. The first-order valence-electron chi connectivity index (χ1n) is 30.5. The molecule has 0 spiro atoms. The standard InChI is InChI=1S/C65H79N7O15S/c1-7-65(56-35-58-59-54(38-72(58)61(78)55(56)42-85-62(65)79)52(29-31-71(43(3)4)44(5)73)53-23-12-13-24-57(53)70-59)87-64(80)86-39-45-25-27-48(28-26-45)69-60(77)47(19-14-15-30-66-8-2)34-51(76)41-84-40-50(75)22-17-33-83-32-16-21-49(74)20-11-9-10-18-46-36-67-63(68-37-46)88(6,81)82/h12-13,23-28,35-37,43,47,66H,7-9,11,14-17,19-22,29-34,38-42H2,1-6H3,(H,69,77)/t47-,65+/m1/s1/i2T. The summed E-state index contributed by atoms with van der Waals surface area (Å²) in [6.45, 7) is 8.59. The first-order chi connectivity index (χ1) is 42.7. The molecule has 0 saturated heterocycles. The molecule has 23 heteroatoms. The third-order valence-corrected chi connectivity index (χ3v) is 16.2. The number of benzene rings is 2. The fourth-order valence-electron chi connectivity index (χ4n) is 10.7. The van der Waals surface area contributed by atoms with Crippen LogP contribution in [0.5, 0.6) is 0 Å². The predicted octanol–water partition coefficient (Wildman–Crippen LogP) is 7.68. The van der Waals surface area contributed by atoms with Crippen molar-refractivity contribution in [2.24, 2.45) is 5.92 Å². The van der Waals surface area contributed by atoms with Crippen LogP contribution in [0.25, 0.3) is 22.3 Å². The van der Waals surface area contributed by atoms with Crippen molar-refractivity contribution in [1.29, 1.82) is 0 Å². The molecule has 2 aromatic carbocycles. The number of aromatic nitrogens is 4. The topological polar surface area (TPSA) is 288 Å². The van der Waals surface area contributed by atoms with Crippen molar-refractivity contribution in [3.8, 4) is 23.2 Å². The second-order valence-electron chi connectivity index (χ2n) is 22.1. The summed E-state index contributed by atoms with van der Waals surface area (Å²) >= 11 is 0. The van der Waals surface area contributed by atoms with Gasteiger partial charge in [0.2, 0.25) is 32.4 Å². The van der Waals surface area contributed by atoms with E-state index in [4.69, 9.17) is 30.0 Å². The van der Waals surface area contributed by atoms with Gasteiger partial charge < -0.3 is 43.8 Å². The molecule has 470 valence electrons. The Labute approximate surface area is 514 Å². The molecule has 2 atom stereocenters. The van der Waals surface area contributed by atoms with E-state index in [1.54, 1.807) is 53.6 Å². The van der Waals surface area contributed by atoms with Crippen molar-refractivity contribution >= 4 is 67.7 Å². The van der Waals surface area contributed by atoms with Crippen LogP contribution in [-0.4, -0.2) is 132 Å². The molecule has 0 radical (unpaired) electrons. The van der Waals surface area contributed by atoms with E-state index in [9.17, 15) is 46.8 Å². The Hall–Kier alpha value is -8.04. The molecule has 88 heavy (non-hydrogen) atoms. The van der Waals surface area contributed by atoms with Gasteiger partial charge in [0, 0.05) is 113 Å². The third kappa shape index (κ3) is 18.3. The number of pyridine rings is 2. The summed E-state index contributed by atoms with van der Waals surface area (Å²) < 4.78 is 60.0. The number of nitrogens with zero attached hydrogens (tertiary/aromatic N) is 5. The molecule has 2 aliphatic rings. The lowest BCUT2D eigenvalue weighted by atomic mass is 9.85. The van der Waals surface area contributed by atoms with E-state index < -0.39 is 44.9 Å². The number of hydrogen-bond acceptors (Lipinski definition) is 19. The number of amides is 2. The molecule has 0 bridgehead atoms. The number of fused-ring (bicyclic) bond motifs is 5. The highest BCUT2D eigenvalue weighted by Crippen LogP contribution is 2.42. The number of unbranched alkanes of at least 4 members (excludes halogenated alkanes) is 2. The lowest BCUT2D eigenvalue weighted by Gasteiger charge is -2.35. The molecule has 2 aliphatic heterocycles. The molecule has 0 unspecified atom stereocenters. The molecule has 0 fully saturated rings. The number of para-hydroxylation sites is 1. The second-order valence-corrected chi connectivity index (χ2v) is 24.1. The summed E-state index contributed by atoms with van der Waals surface area (Å²) in [7, 11) is -3.49. The van der Waals surface area contributed by atoms with Crippen LogP contribution >= 0.6 is 0 Å². The van der Waals surface area contributed by atoms with Crippen LogP contribution in [0.2, 0.25) is 0 Å². The number of cyclic esters (lactones) is 1. The van der Waals surface area contributed by atoms with Gasteiger partial charge >= 0.3 is 12.1 Å².